The van der Waals surface area contributed by atoms with Crippen molar-refractivity contribution >= 4 is 11.7 Å². The van der Waals surface area contributed by atoms with E-state index in [0.717, 1.165) is 28.0 Å². The fourth-order valence-electron chi connectivity index (χ4n) is 4.18. The van der Waals surface area contributed by atoms with E-state index < -0.39 is 0 Å². The number of nitrogens with one attached hydrogen (secondary N) is 1. The van der Waals surface area contributed by atoms with Crippen molar-refractivity contribution < 1.29 is 9.18 Å². The average Bonchev–Trinajstić information content (AvgIpc) is 3.16. The minimum atomic E-state index is -0.281. The van der Waals surface area contributed by atoms with E-state index in [1.807, 2.05) is 31.2 Å². The van der Waals surface area contributed by atoms with Gasteiger partial charge in [0.25, 0.3) is 0 Å². The highest BCUT2D eigenvalue weighted by molar-refractivity contribution is 6.00. The third-order valence-corrected chi connectivity index (χ3v) is 5.60. The highest BCUT2D eigenvalue weighted by Crippen LogP contribution is 2.43. The molecule has 0 bridgehead atoms. The molecule has 0 saturated carbocycles. The number of allylic oxidation sites excluding steroid dienone is 2. The van der Waals surface area contributed by atoms with Crippen molar-refractivity contribution in [3.8, 4) is 0 Å². The van der Waals surface area contributed by atoms with Crippen LogP contribution in [0.1, 0.15) is 41.5 Å². The topological polar surface area (TPSA) is 59.8 Å². The number of aryl methyl sites for hydroxylation is 1. The van der Waals surface area contributed by atoms with Crippen molar-refractivity contribution in [3.63, 3.8) is 0 Å². The van der Waals surface area contributed by atoms with Crippen LogP contribution in [0.25, 0.3) is 0 Å². The fraction of sp³-hybridized carbons (Fsp3) is 0.227. The Kier molecular flexibility index (Phi) is 3.86. The molecule has 28 heavy (non-hydrogen) atoms. The standard InChI is InChI=1S/C22H19FN4O/c1-13-2-4-15(5-3-13)21-20-18(26-22-24-12-25-27(21)22)10-16(11-19(20)28)14-6-8-17(23)9-7-14/h2-9,12,16,21H,10-11H2,1H3,(H,24,25,26). The molecular weight excluding hydrogens is 355 g/mol. The fourth-order valence-corrected chi connectivity index (χ4v) is 4.18. The zero-order valence-corrected chi connectivity index (χ0v) is 15.4. The van der Waals surface area contributed by atoms with Crippen molar-refractivity contribution in [1.82, 2.24) is 14.8 Å². The number of carbonyl (C=O) groups excluding carboxylic acids is 1. The molecule has 0 spiro atoms. The van der Waals surface area contributed by atoms with E-state index in [9.17, 15) is 9.18 Å². The molecule has 1 N–H and O–H groups in total. The number of fused-ring (bicyclic) bond motifs is 1. The molecule has 0 amide bonds. The zero-order valence-electron chi connectivity index (χ0n) is 15.4. The summed E-state index contributed by atoms with van der Waals surface area (Å²) >= 11 is 0. The van der Waals surface area contributed by atoms with Gasteiger partial charge in [0.15, 0.2) is 5.78 Å². The summed E-state index contributed by atoms with van der Waals surface area (Å²) < 4.78 is 15.1. The lowest BCUT2D eigenvalue weighted by atomic mass is 9.78. The Hall–Kier alpha value is -3.28. The van der Waals surface area contributed by atoms with Gasteiger partial charge < -0.3 is 5.32 Å². The second kappa shape index (κ2) is 6.41. The molecule has 6 heteroatoms. The first kappa shape index (κ1) is 16.9. The number of halogens is 1. The molecule has 1 aliphatic heterocycles. The van der Waals surface area contributed by atoms with Crippen LogP contribution < -0.4 is 5.32 Å². The van der Waals surface area contributed by atoms with Crippen LogP contribution >= 0.6 is 0 Å². The third kappa shape index (κ3) is 2.72. The van der Waals surface area contributed by atoms with Crippen molar-refractivity contribution in [2.45, 2.75) is 31.7 Å². The molecule has 5 nitrogen and oxygen atoms in total. The van der Waals surface area contributed by atoms with E-state index in [1.165, 1.54) is 18.5 Å². The number of Topliss-reactive ketones (excluding diaryl/α,β-unsaturated/α-hetero) is 1. The molecule has 0 saturated heterocycles. The highest BCUT2D eigenvalue weighted by Gasteiger charge is 2.39. The number of rotatable bonds is 2. The molecule has 2 unspecified atom stereocenters. The highest BCUT2D eigenvalue weighted by atomic mass is 19.1. The summed E-state index contributed by atoms with van der Waals surface area (Å²) in [6, 6.07) is 14.3. The Morgan fingerprint density at radius 2 is 1.75 bits per heavy atom. The van der Waals surface area contributed by atoms with Crippen LogP contribution in [-0.2, 0) is 4.79 Å². The number of ketones is 1. The molecule has 2 aliphatic rings. The largest absolute Gasteiger partial charge is 0.328 e. The van der Waals surface area contributed by atoms with Crippen LogP contribution in [0, 0.1) is 12.7 Å². The van der Waals surface area contributed by atoms with Gasteiger partial charge in [0.2, 0.25) is 5.95 Å². The summed E-state index contributed by atoms with van der Waals surface area (Å²) in [6.07, 6.45) is 2.59. The zero-order chi connectivity index (χ0) is 19.3. The van der Waals surface area contributed by atoms with Gasteiger partial charge in [-0.1, -0.05) is 42.0 Å². The third-order valence-electron chi connectivity index (χ3n) is 5.60. The number of aromatic nitrogens is 3. The second-order valence-corrected chi connectivity index (χ2v) is 7.44. The maximum atomic E-state index is 13.3. The van der Waals surface area contributed by atoms with Gasteiger partial charge >= 0.3 is 0 Å². The maximum Gasteiger partial charge on any atom is 0.226 e. The van der Waals surface area contributed by atoms with E-state index in [-0.39, 0.29) is 23.6 Å². The van der Waals surface area contributed by atoms with E-state index in [0.29, 0.717) is 18.8 Å². The van der Waals surface area contributed by atoms with E-state index >= 15 is 0 Å². The molecule has 2 atom stereocenters. The van der Waals surface area contributed by atoms with Gasteiger partial charge in [0, 0.05) is 17.7 Å². The van der Waals surface area contributed by atoms with Gasteiger partial charge in [0.05, 0.1) is 0 Å². The van der Waals surface area contributed by atoms with Gasteiger partial charge in [-0.05, 0) is 42.5 Å². The Bertz CT molecular complexity index is 1080. The molecular formula is C22H19FN4O. The van der Waals surface area contributed by atoms with Crippen molar-refractivity contribution in [2.75, 3.05) is 5.32 Å². The van der Waals surface area contributed by atoms with Crippen molar-refractivity contribution in [2.24, 2.45) is 0 Å². The summed E-state index contributed by atoms with van der Waals surface area (Å²) in [6.45, 7) is 2.04. The smallest absolute Gasteiger partial charge is 0.226 e. The Balaban J connectivity index is 1.58. The SMILES string of the molecule is Cc1ccc(C2C3=C(CC(c4ccc(F)cc4)CC3=O)Nc3ncnn32)cc1. The van der Waals surface area contributed by atoms with E-state index in [2.05, 4.69) is 15.4 Å². The van der Waals surface area contributed by atoms with Crippen molar-refractivity contribution in [3.05, 3.63) is 88.6 Å². The lowest BCUT2D eigenvalue weighted by molar-refractivity contribution is -0.116. The second-order valence-electron chi connectivity index (χ2n) is 7.44. The number of benzene rings is 2. The summed E-state index contributed by atoms with van der Waals surface area (Å²) in [5.74, 6) is 0.480. The van der Waals surface area contributed by atoms with Crippen molar-refractivity contribution in [1.29, 1.82) is 0 Å². The number of anilines is 1. The molecule has 1 aliphatic carbocycles. The van der Waals surface area contributed by atoms with Crippen LogP contribution in [0.3, 0.4) is 0 Å². The quantitative estimate of drug-likeness (QED) is 0.732. The summed E-state index contributed by atoms with van der Waals surface area (Å²) in [5, 5.41) is 7.67. The van der Waals surface area contributed by atoms with Crippen LogP contribution in [0.4, 0.5) is 10.3 Å². The number of hydrogen-bond donors (Lipinski definition) is 1. The molecule has 0 fully saturated rings. The summed E-state index contributed by atoms with van der Waals surface area (Å²) in [7, 11) is 0. The molecule has 5 rings (SSSR count). The van der Waals surface area contributed by atoms with Crippen LogP contribution in [0.15, 0.2) is 66.1 Å². The number of nitrogens with zero attached hydrogens (tertiary/aromatic N) is 3. The number of hydrogen-bond acceptors (Lipinski definition) is 4. The molecule has 140 valence electrons. The Labute approximate surface area is 161 Å². The van der Waals surface area contributed by atoms with Gasteiger partial charge in [0.1, 0.15) is 18.2 Å². The first-order chi connectivity index (χ1) is 13.6. The van der Waals surface area contributed by atoms with E-state index in [4.69, 9.17) is 0 Å². The number of carbonyl (C=O) groups is 1. The van der Waals surface area contributed by atoms with Gasteiger partial charge in [-0.2, -0.15) is 10.1 Å². The molecule has 0 radical (unpaired) electrons. The first-order valence-electron chi connectivity index (χ1n) is 9.35. The van der Waals surface area contributed by atoms with Gasteiger partial charge in [-0.15, -0.1) is 0 Å². The van der Waals surface area contributed by atoms with E-state index in [1.54, 1.807) is 16.8 Å². The predicted molar refractivity (Wildman–Crippen MR) is 103 cm³/mol. The maximum absolute atomic E-state index is 13.3. The van der Waals surface area contributed by atoms with Gasteiger partial charge in [-0.3, -0.25) is 4.79 Å². The summed E-state index contributed by atoms with van der Waals surface area (Å²) in [4.78, 5) is 17.5. The predicted octanol–water partition coefficient (Wildman–Crippen LogP) is 4.14. The molecule has 1 aromatic heterocycles. The molecule has 3 aromatic rings. The normalized spacial score (nSPS) is 21.1. The molecule has 2 aromatic carbocycles. The monoisotopic (exact) mass is 374 g/mol. The minimum Gasteiger partial charge on any atom is -0.328 e. The Morgan fingerprint density at radius 1 is 1.04 bits per heavy atom. The summed E-state index contributed by atoms with van der Waals surface area (Å²) in [5.41, 5.74) is 4.79. The van der Waals surface area contributed by atoms with Crippen LogP contribution in [-0.4, -0.2) is 20.5 Å². The van der Waals surface area contributed by atoms with Crippen LogP contribution in [0.2, 0.25) is 0 Å². The lowest BCUT2D eigenvalue weighted by Gasteiger charge is -2.35. The molecule has 2 heterocycles. The lowest BCUT2D eigenvalue weighted by Crippen LogP contribution is -2.33. The van der Waals surface area contributed by atoms with Gasteiger partial charge in [-0.25, -0.2) is 9.07 Å². The first-order valence-corrected chi connectivity index (χ1v) is 9.35. The Morgan fingerprint density at radius 3 is 2.50 bits per heavy atom. The average molecular weight is 374 g/mol. The van der Waals surface area contributed by atoms with Crippen LogP contribution in [0.5, 0.6) is 0 Å². The minimum absolute atomic E-state index is 0.0208.